The summed E-state index contributed by atoms with van der Waals surface area (Å²) in [5, 5.41) is 11.2. The van der Waals surface area contributed by atoms with Crippen LogP contribution in [-0.4, -0.2) is 20.7 Å². The van der Waals surface area contributed by atoms with Gasteiger partial charge >= 0.3 is 0 Å². The van der Waals surface area contributed by atoms with Gasteiger partial charge in [0, 0.05) is 35.4 Å². The Kier molecular flexibility index (Phi) is 3.87. The SMILES string of the molecule is O=C1NC(c2cn(-c3ccccc3)nc2-c2cccnc2)Nc2ccccc21. The normalized spacial score (nSPS) is 15.4. The maximum atomic E-state index is 12.6. The molecule has 2 aromatic carbocycles. The van der Waals surface area contributed by atoms with Crippen LogP contribution in [0.5, 0.6) is 0 Å². The first-order chi connectivity index (χ1) is 13.8. The van der Waals surface area contributed by atoms with E-state index in [9.17, 15) is 4.79 Å². The molecule has 136 valence electrons. The zero-order valence-electron chi connectivity index (χ0n) is 14.9. The number of fused-ring (bicyclic) bond motifs is 1. The van der Waals surface area contributed by atoms with Crippen LogP contribution in [0.4, 0.5) is 5.69 Å². The number of anilines is 1. The molecular formula is C22H17N5O. The summed E-state index contributed by atoms with van der Waals surface area (Å²) in [6.45, 7) is 0. The van der Waals surface area contributed by atoms with Gasteiger partial charge in [-0.2, -0.15) is 5.10 Å². The standard InChI is InChI=1S/C22H17N5O/c28-22-17-10-4-5-11-19(17)24-21(25-22)18-14-27(16-8-2-1-3-9-16)26-20(18)15-7-6-12-23-13-15/h1-14,21,24H,(H,25,28). The van der Waals surface area contributed by atoms with Gasteiger partial charge < -0.3 is 10.6 Å². The van der Waals surface area contributed by atoms with E-state index in [4.69, 9.17) is 5.10 Å². The van der Waals surface area contributed by atoms with Crippen molar-refractivity contribution in [3.05, 3.63) is 96.4 Å². The summed E-state index contributed by atoms with van der Waals surface area (Å²) in [6, 6.07) is 21.2. The van der Waals surface area contributed by atoms with E-state index in [1.807, 2.05) is 77.6 Å². The van der Waals surface area contributed by atoms with Gasteiger partial charge in [0.25, 0.3) is 5.91 Å². The Balaban J connectivity index is 1.62. The van der Waals surface area contributed by atoms with Crippen molar-refractivity contribution >= 4 is 11.6 Å². The van der Waals surface area contributed by atoms with Gasteiger partial charge in [0.15, 0.2) is 0 Å². The van der Waals surface area contributed by atoms with E-state index < -0.39 is 6.17 Å². The van der Waals surface area contributed by atoms with Crippen molar-refractivity contribution in [2.75, 3.05) is 5.32 Å². The van der Waals surface area contributed by atoms with Gasteiger partial charge in [-0.05, 0) is 36.4 Å². The van der Waals surface area contributed by atoms with Crippen molar-refractivity contribution < 1.29 is 4.79 Å². The molecule has 0 radical (unpaired) electrons. The summed E-state index contributed by atoms with van der Waals surface area (Å²) in [7, 11) is 0. The first kappa shape index (κ1) is 16.3. The minimum Gasteiger partial charge on any atom is -0.361 e. The number of hydrogen-bond donors (Lipinski definition) is 2. The van der Waals surface area contributed by atoms with E-state index >= 15 is 0 Å². The van der Waals surface area contributed by atoms with E-state index in [1.165, 1.54) is 0 Å². The number of hydrogen-bond acceptors (Lipinski definition) is 4. The summed E-state index contributed by atoms with van der Waals surface area (Å²) in [6.07, 6.45) is 5.06. The van der Waals surface area contributed by atoms with Crippen LogP contribution in [0.15, 0.2) is 85.3 Å². The van der Waals surface area contributed by atoms with Gasteiger partial charge in [-0.25, -0.2) is 4.68 Å². The average molecular weight is 367 g/mol. The summed E-state index contributed by atoms with van der Waals surface area (Å²) in [4.78, 5) is 16.8. The Labute approximate surface area is 161 Å². The van der Waals surface area contributed by atoms with Crippen LogP contribution >= 0.6 is 0 Å². The number of rotatable bonds is 3. The third-order valence-corrected chi connectivity index (χ3v) is 4.76. The molecule has 5 rings (SSSR count). The van der Waals surface area contributed by atoms with Crippen LogP contribution in [0.3, 0.4) is 0 Å². The second-order valence-electron chi connectivity index (χ2n) is 6.55. The first-order valence-electron chi connectivity index (χ1n) is 9.01. The zero-order chi connectivity index (χ0) is 18.9. The molecule has 0 fully saturated rings. The van der Waals surface area contributed by atoms with Gasteiger partial charge in [0.05, 0.1) is 11.3 Å². The highest BCUT2D eigenvalue weighted by atomic mass is 16.2. The predicted molar refractivity (Wildman–Crippen MR) is 107 cm³/mol. The lowest BCUT2D eigenvalue weighted by molar-refractivity contribution is 0.0936. The van der Waals surface area contributed by atoms with Crippen molar-refractivity contribution in [1.82, 2.24) is 20.1 Å². The monoisotopic (exact) mass is 367 g/mol. The topological polar surface area (TPSA) is 71.8 Å². The molecule has 1 atom stereocenters. The largest absolute Gasteiger partial charge is 0.361 e. The number of nitrogens with zero attached hydrogens (tertiary/aromatic N) is 3. The molecule has 1 aliphatic heterocycles. The highest BCUT2D eigenvalue weighted by molar-refractivity contribution is 6.01. The molecule has 0 bridgehead atoms. The Morgan fingerprint density at radius 2 is 1.71 bits per heavy atom. The molecule has 0 saturated carbocycles. The number of pyridine rings is 1. The third kappa shape index (κ3) is 2.81. The Morgan fingerprint density at radius 3 is 2.54 bits per heavy atom. The maximum Gasteiger partial charge on any atom is 0.255 e. The van der Waals surface area contributed by atoms with Crippen molar-refractivity contribution in [2.24, 2.45) is 0 Å². The highest BCUT2D eigenvalue weighted by Crippen LogP contribution is 2.32. The number of aromatic nitrogens is 3. The fourth-order valence-electron chi connectivity index (χ4n) is 3.40. The molecule has 0 spiro atoms. The fraction of sp³-hybridized carbons (Fsp3) is 0.0455. The molecule has 6 heteroatoms. The van der Waals surface area contributed by atoms with Crippen molar-refractivity contribution in [3.63, 3.8) is 0 Å². The van der Waals surface area contributed by atoms with E-state index in [2.05, 4.69) is 15.6 Å². The molecule has 1 aliphatic rings. The van der Waals surface area contributed by atoms with Crippen molar-refractivity contribution in [3.8, 4) is 16.9 Å². The number of nitrogens with one attached hydrogen (secondary N) is 2. The molecule has 2 N–H and O–H groups in total. The number of amides is 1. The Morgan fingerprint density at radius 1 is 0.893 bits per heavy atom. The quantitative estimate of drug-likeness (QED) is 0.578. The highest BCUT2D eigenvalue weighted by Gasteiger charge is 2.28. The third-order valence-electron chi connectivity index (χ3n) is 4.76. The first-order valence-corrected chi connectivity index (χ1v) is 9.01. The number of para-hydroxylation sites is 2. The fourth-order valence-corrected chi connectivity index (χ4v) is 3.40. The smallest absolute Gasteiger partial charge is 0.255 e. The maximum absolute atomic E-state index is 12.6. The Hall–Kier alpha value is -3.93. The lowest BCUT2D eigenvalue weighted by Gasteiger charge is -2.27. The van der Waals surface area contributed by atoms with E-state index in [1.54, 1.807) is 12.4 Å². The van der Waals surface area contributed by atoms with Gasteiger partial charge in [0.1, 0.15) is 11.9 Å². The van der Waals surface area contributed by atoms with Crippen LogP contribution in [0.25, 0.3) is 16.9 Å². The molecule has 2 aromatic heterocycles. The van der Waals surface area contributed by atoms with Gasteiger partial charge in [0.2, 0.25) is 0 Å². The van der Waals surface area contributed by atoms with Crippen LogP contribution in [0, 0.1) is 0 Å². The molecule has 6 nitrogen and oxygen atoms in total. The number of carbonyl (C=O) groups excluding carboxylic acids is 1. The summed E-state index contributed by atoms with van der Waals surface area (Å²) >= 11 is 0. The summed E-state index contributed by atoms with van der Waals surface area (Å²) < 4.78 is 1.83. The number of benzene rings is 2. The van der Waals surface area contributed by atoms with Gasteiger partial charge in [-0.15, -0.1) is 0 Å². The van der Waals surface area contributed by atoms with Gasteiger partial charge in [-0.3, -0.25) is 9.78 Å². The van der Waals surface area contributed by atoms with E-state index in [-0.39, 0.29) is 5.91 Å². The van der Waals surface area contributed by atoms with E-state index in [0.29, 0.717) is 5.56 Å². The second-order valence-corrected chi connectivity index (χ2v) is 6.55. The molecular weight excluding hydrogens is 350 g/mol. The van der Waals surface area contributed by atoms with Gasteiger partial charge in [-0.1, -0.05) is 30.3 Å². The second kappa shape index (κ2) is 6.66. The minimum absolute atomic E-state index is 0.107. The van der Waals surface area contributed by atoms with Crippen LogP contribution < -0.4 is 10.6 Å². The summed E-state index contributed by atoms with van der Waals surface area (Å²) in [5.41, 5.74) is 4.93. The summed E-state index contributed by atoms with van der Waals surface area (Å²) in [5.74, 6) is -0.107. The predicted octanol–water partition coefficient (Wildman–Crippen LogP) is 3.79. The van der Waals surface area contributed by atoms with Crippen molar-refractivity contribution in [1.29, 1.82) is 0 Å². The molecule has 0 saturated heterocycles. The van der Waals surface area contributed by atoms with Crippen LogP contribution in [0.2, 0.25) is 0 Å². The lowest BCUT2D eigenvalue weighted by atomic mass is 10.0. The Bertz CT molecular complexity index is 1140. The van der Waals surface area contributed by atoms with Crippen LogP contribution in [-0.2, 0) is 0 Å². The molecule has 1 amide bonds. The molecule has 4 aromatic rings. The average Bonchev–Trinajstić information content (AvgIpc) is 3.21. The van der Waals surface area contributed by atoms with Crippen molar-refractivity contribution in [2.45, 2.75) is 6.17 Å². The zero-order valence-corrected chi connectivity index (χ0v) is 14.9. The molecule has 28 heavy (non-hydrogen) atoms. The lowest BCUT2D eigenvalue weighted by Crippen LogP contribution is -2.38. The molecule has 3 heterocycles. The van der Waals surface area contributed by atoms with E-state index in [0.717, 1.165) is 28.2 Å². The minimum atomic E-state index is -0.393. The number of carbonyl (C=O) groups is 1. The van der Waals surface area contributed by atoms with Crippen LogP contribution in [0.1, 0.15) is 22.1 Å². The molecule has 1 unspecified atom stereocenters. The molecule has 0 aliphatic carbocycles.